The summed E-state index contributed by atoms with van der Waals surface area (Å²) in [5.41, 5.74) is 0.299. The molecule has 0 saturated heterocycles. The van der Waals surface area contributed by atoms with E-state index in [1.807, 2.05) is 0 Å². The van der Waals surface area contributed by atoms with Gasteiger partial charge in [0.15, 0.2) is 5.69 Å². The summed E-state index contributed by atoms with van der Waals surface area (Å²) in [6.07, 6.45) is 4.18. The molecule has 1 heterocycles. The first-order valence-corrected chi connectivity index (χ1v) is 5.45. The molecular weight excluding hydrogens is 194 g/mol. The van der Waals surface area contributed by atoms with E-state index < -0.39 is 0 Å². The monoisotopic (exact) mass is 209 g/mol. The average Bonchev–Trinajstić information content (AvgIpc) is 2.97. The number of ether oxygens (including phenoxy) is 1. The summed E-state index contributed by atoms with van der Waals surface area (Å²) >= 11 is 0. The number of rotatable bonds is 5. The van der Waals surface area contributed by atoms with Crippen LogP contribution in [0.15, 0.2) is 10.6 Å². The molecule has 1 aromatic heterocycles. The van der Waals surface area contributed by atoms with Gasteiger partial charge in [-0.3, -0.25) is 0 Å². The second-order valence-electron chi connectivity index (χ2n) is 3.88. The topological polar surface area (TPSA) is 52.3 Å². The Morgan fingerprint density at radius 2 is 2.47 bits per heavy atom. The Balaban J connectivity index is 1.87. The zero-order valence-electron chi connectivity index (χ0n) is 8.86. The third kappa shape index (κ3) is 2.58. The minimum Gasteiger partial charge on any atom is -0.461 e. The van der Waals surface area contributed by atoms with Crippen molar-refractivity contribution in [2.75, 3.05) is 6.61 Å². The van der Waals surface area contributed by atoms with Gasteiger partial charge in [-0.05, 0) is 19.3 Å². The van der Waals surface area contributed by atoms with Crippen LogP contribution in [0.5, 0.6) is 0 Å². The van der Waals surface area contributed by atoms with Crippen LogP contribution in [0.4, 0.5) is 0 Å². The largest absolute Gasteiger partial charge is 0.461 e. The van der Waals surface area contributed by atoms with Crippen molar-refractivity contribution in [1.29, 1.82) is 0 Å². The number of hydrogen-bond donors (Lipinski definition) is 0. The van der Waals surface area contributed by atoms with E-state index in [2.05, 4.69) is 12.1 Å². The van der Waals surface area contributed by atoms with Gasteiger partial charge in [0.2, 0.25) is 0 Å². The molecule has 0 radical (unpaired) electrons. The van der Waals surface area contributed by atoms with E-state index in [-0.39, 0.29) is 5.97 Å². The molecule has 0 aromatic carbocycles. The van der Waals surface area contributed by atoms with Crippen molar-refractivity contribution in [2.24, 2.45) is 0 Å². The lowest BCUT2D eigenvalue weighted by Gasteiger charge is -1.99. The van der Waals surface area contributed by atoms with Gasteiger partial charge < -0.3 is 9.26 Å². The number of esters is 1. The maximum Gasteiger partial charge on any atom is 0.360 e. The minimum atomic E-state index is -0.376. The first-order chi connectivity index (χ1) is 7.31. The molecule has 2 rings (SSSR count). The molecule has 4 nitrogen and oxygen atoms in total. The zero-order chi connectivity index (χ0) is 10.7. The number of hydrogen-bond acceptors (Lipinski definition) is 4. The first kappa shape index (κ1) is 10.2. The van der Waals surface area contributed by atoms with Gasteiger partial charge in [-0.2, -0.15) is 0 Å². The number of carbonyl (C=O) groups excluding carboxylic acids is 1. The highest BCUT2D eigenvalue weighted by atomic mass is 16.5. The molecule has 0 bridgehead atoms. The number of carbonyl (C=O) groups is 1. The standard InChI is InChI=1S/C11H15NO3/c1-2-3-6-14-11(13)9-7-10(15-12-9)8-4-5-8/h7-8H,2-6H2,1H3. The highest BCUT2D eigenvalue weighted by Gasteiger charge is 2.29. The molecule has 1 saturated carbocycles. The second kappa shape index (κ2) is 4.47. The summed E-state index contributed by atoms with van der Waals surface area (Å²) in [4.78, 5) is 11.4. The van der Waals surface area contributed by atoms with Crippen molar-refractivity contribution in [3.05, 3.63) is 17.5 Å². The van der Waals surface area contributed by atoms with Crippen LogP contribution in [0.1, 0.15) is 54.8 Å². The fourth-order valence-corrected chi connectivity index (χ4v) is 1.33. The van der Waals surface area contributed by atoms with E-state index >= 15 is 0 Å². The van der Waals surface area contributed by atoms with Gasteiger partial charge in [-0.25, -0.2) is 4.79 Å². The molecule has 1 aromatic rings. The van der Waals surface area contributed by atoms with Crippen molar-refractivity contribution >= 4 is 5.97 Å². The predicted molar refractivity (Wildman–Crippen MR) is 53.7 cm³/mol. The molecule has 1 fully saturated rings. The SMILES string of the molecule is CCCCOC(=O)c1cc(C2CC2)on1. The Hall–Kier alpha value is -1.32. The normalized spacial score (nSPS) is 15.3. The Kier molecular flexibility index (Phi) is 3.04. The predicted octanol–water partition coefficient (Wildman–Crippen LogP) is 2.51. The van der Waals surface area contributed by atoms with E-state index in [1.165, 1.54) is 0 Å². The molecule has 82 valence electrons. The number of unbranched alkanes of at least 4 members (excludes halogenated alkanes) is 1. The lowest BCUT2D eigenvalue weighted by atomic mass is 10.3. The molecule has 0 atom stereocenters. The quantitative estimate of drug-likeness (QED) is 0.552. The van der Waals surface area contributed by atoms with Crippen LogP contribution < -0.4 is 0 Å². The van der Waals surface area contributed by atoms with Gasteiger partial charge >= 0.3 is 5.97 Å². The van der Waals surface area contributed by atoms with Crippen LogP contribution in [-0.4, -0.2) is 17.7 Å². The van der Waals surface area contributed by atoms with Gasteiger partial charge in [-0.1, -0.05) is 18.5 Å². The van der Waals surface area contributed by atoms with E-state index in [1.54, 1.807) is 6.07 Å². The third-order valence-electron chi connectivity index (χ3n) is 2.45. The molecule has 4 heteroatoms. The highest BCUT2D eigenvalue weighted by Crippen LogP contribution is 2.40. The third-order valence-corrected chi connectivity index (χ3v) is 2.45. The zero-order valence-corrected chi connectivity index (χ0v) is 8.86. The van der Waals surface area contributed by atoms with E-state index in [0.717, 1.165) is 31.4 Å². The molecular formula is C11H15NO3. The van der Waals surface area contributed by atoms with Crippen LogP contribution in [-0.2, 0) is 4.74 Å². The summed E-state index contributed by atoms with van der Waals surface area (Å²) in [7, 11) is 0. The van der Waals surface area contributed by atoms with Gasteiger partial charge in [0.25, 0.3) is 0 Å². The van der Waals surface area contributed by atoms with Crippen molar-refractivity contribution in [3.8, 4) is 0 Å². The van der Waals surface area contributed by atoms with Crippen LogP contribution >= 0.6 is 0 Å². The highest BCUT2D eigenvalue weighted by molar-refractivity contribution is 5.87. The van der Waals surface area contributed by atoms with Crippen LogP contribution in [0.3, 0.4) is 0 Å². The summed E-state index contributed by atoms with van der Waals surface area (Å²) in [5.74, 6) is 0.922. The van der Waals surface area contributed by atoms with Crippen LogP contribution in [0, 0.1) is 0 Å². The molecule has 0 unspecified atom stereocenters. The van der Waals surface area contributed by atoms with Gasteiger partial charge in [-0.15, -0.1) is 0 Å². The number of nitrogens with zero attached hydrogens (tertiary/aromatic N) is 1. The maximum absolute atomic E-state index is 11.4. The molecule has 1 aliphatic carbocycles. The molecule has 0 spiro atoms. The molecule has 0 aliphatic heterocycles. The van der Waals surface area contributed by atoms with Crippen molar-refractivity contribution in [2.45, 2.75) is 38.5 Å². The maximum atomic E-state index is 11.4. The fourth-order valence-electron chi connectivity index (χ4n) is 1.33. The Morgan fingerprint density at radius 1 is 1.67 bits per heavy atom. The molecule has 0 N–H and O–H groups in total. The molecule has 1 aliphatic rings. The summed E-state index contributed by atoms with van der Waals surface area (Å²) < 4.78 is 10.1. The van der Waals surface area contributed by atoms with Crippen molar-refractivity contribution < 1.29 is 14.1 Å². The molecule has 15 heavy (non-hydrogen) atoms. The molecule has 0 amide bonds. The lowest BCUT2D eigenvalue weighted by Crippen LogP contribution is -2.06. The van der Waals surface area contributed by atoms with Gasteiger partial charge in [0.1, 0.15) is 5.76 Å². The second-order valence-corrected chi connectivity index (χ2v) is 3.88. The van der Waals surface area contributed by atoms with Gasteiger partial charge in [0.05, 0.1) is 6.61 Å². The fraction of sp³-hybridized carbons (Fsp3) is 0.636. The number of aromatic nitrogens is 1. The van der Waals surface area contributed by atoms with Gasteiger partial charge in [0, 0.05) is 12.0 Å². The van der Waals surface area contributed by atoms with Crippen molar-refractivity contribution in [1.82, 2.24) is 5.16 Å². The average molecular weight is 209 g/mol. The van der Waals surface area contributed by atoms with Crippen molar-refractivity contribution in [3.63, 3.8) is 0 Å². The van der Waals surface area contributed by atoms with Crippen LogP contribution in [0.2, 0.25) is 0 Å². The smallest absolute Gasteiger partial charge is 0.360 e. The van der Waals surface area contributed by atoms with Crippen LogP contribution in [0.25, 0.3) is 0 Å². The van der Waals surface area contributed by atoms with E-state index in [9.17, 15) is 4.79 Å². The minimum absolute atomic E-state index is 0.299. The Bertz CT molecular complexity index is 341. The lowest BCUT2D eigenvalue weighted by molar-refractivity contribution is 0.0488. The summed E-state index contributed by atoms with van der Waals surface area (Å²) in [6.45, 7) is 2.51. The van der Waals surface area contributed by atoms with E-state index in [0.29, 0.717) is 18.2 Å². The Morgan fingerprint density at radius 3 is 3.13 bits per heavy atom. The summed E-state index contributed by atoms with van der Waals surface area (Å²) in [6, 6.07) is 1.70. The summed E-state index contributed by atoms with van der Waals surface area (Å²) in [5, 5.41) is 3.71. The van der Waals surface area contributed by atoms with E-state index in [4.69, 9.17) is 9.26 Å². The first-order valence-electron chi connectivity index (χ1n) is 5.45. The Labute approximate surface area is 88.6 Å².